The minimum Gasteiger partial charge on any atom is -0.497 e. The summed E-state index contributed by atoms with van der Waals surface area (Å²) < 4.78 is 10.5. The van der Waals surface area contributed by atoms with Crippen LogP contribution in [0, 0.1) is 0 Å². The first kappa shape index (κ1) is 14.8. The number of aliphatic hydroxyl groups is 1. The van der Waals surface area contributed by atoms with Crippen molar-refractivity contribution in [2.45, 2.75) is 20.0 Å². The van der Waals surface area contributed by atoms with Gasteiger partial charge in [0.2, 0.25) is 0 Å². The molecule has 0 saturated heterocycles. The van der Waals surface area contributed by atoms with Crippen LogP contribution in [0.2, 0.25) is 0 Å². The van der Waals surface area contributed by atoms with Gasteiger partial charge in [-0.3, -0.25) is 0 Å². The molecule has 4 heteroatoms. The van der Waals surface area contributed by atoms with Gasteiger partial charge >= 0.3 is 0 Å². The number of rotatable bonds is 7. The second-order valence-corrected chi connectivity index (χ2v) is 4.11. The highest BCUT2D eigenvalue weighted by Crippen LogP contribution is 2.29. The van der Waals surface area contributed by atoms with Gasteiger partial charge in [0.15, 0.2) is 0 Å². The average Bonchev–Trinajstić information content (AvgIpc) is 2.43. The maximum Gasteiger partial charge on any atom is 0.124 e. The molecule has 0 aromatic heterocycles. The van der Waals surface area contributed by atoms with Gasteiger partial charge in [-0.25, -0.2) is 0 Å². The van der Waals surface area contributed by atoms with Gasteiger partial charge in [-0.2, -0.15) is 0 Å². The Labute approximate surface area is 109 Å². The molecule has 1 N–H and O–H groups in total. The fourth-order valence-electron chi connectivity index (χ4n) is 1.92. The molecule has 1 rings (SSSR count). The third-order valence-electron chi connectivity index (χ3n) is 3.12. The van der Waals surface area contributed by atoms with Crippen LogP contribution in [0.4, 0.5) is 0 Å². The van der Waals surface area contributed by atoms with Gasteiger partial charge in [0.1, 0.15) is 11.5 Å². The Morgan fingerprint density at radius 3 is 2.33 bits per heavy atom. The lowest BCUT2D eigenvalue weighted by molar-refractivity contribution is 0.116. The number of nitrogens with zero attached hydrogens (tertiary/aromatic N) is 1. The van der Waals surface area contributed by atoms with E-state index in [9.17, 15) is 5.11 Å². The van der Waals surface area contributed by atoms with E-state index >= 15 is 0 Å². The van der Waals surface area contributed by atoms with Crippen molar-refractivity contribution in [2.75, 3.05) is 33.9 Å². The number of hydrogen-bond acceptors (Lipinski definition) is 4. The van der Waals surface area contributed by atoms with E-state index in [1.165, 1.54) is 0 Å². The Hall–Kier alpha value is -1.26. The van der Waals surface area contributed by atoms with Crippen molar-refractivity contribution < 1.29 is 14.6 Å². The van der Waals surface area contributed by atoms with E-state index in [0.717, 1.165) is 24.4 Å². The van der Waals surface area contributed by atoms with Crippen LogP contribution in [0.25, 0.3) is 0 Å². The topological polar surface area (TPSA) is 41.9 Å². The molecule has 1 aromatic rings. The fourth-order valence-corrected chi connectivity index (χ4v) is 1.92. The standard InChI is InChI=1S/C14H23NO3/c1-5-15(6-2)10-13(16)12-9-11(17-3)7-8-14(12)18-4/h7-9,13,16H,5-6,10H2,1-4H3. The molecular formula is C14H23NO3. The summed E-state index contributed by atoms with van der Waals surface area (Å²) in [6.45, 7) is 6.59. The van der Waals surface area contributed by atoms with Crippen LogP contribution in [0.3, 0.4) is 0 Å². The van der Waals surface area contributed by atoms with E-state index in [-0.39, 0.29) is 0 Å². The van der Waals surface area contributed by atoms with Crippen LogP contribution in [0.1, 0.15) is 25.5 Å². The molecule has 0 radical (unpaired) electrons. The quantitative estimate of drug-likeness (QED) is 0.808. The molecule has 0 bridgehead atoms. The van der Waals surface area contributed by atoms with Crippen LogP contribution in [-0.2, 0) is 0 Å². The number of benzene rings is 1. The zero-order valence-corrected chi connectivity index (χ0v) is 11.6. The van der Waals surface area contributed by atoms with Crippen LogP contribution in [0.15, 0.2) is 18.2 Å². The molecule has 0 fully saturated rings. The molecule has 0 aliphatic heterocycles. The lowest BCUT2D eigenvalue weighted by Crippen LogP contribution is -2.28. The smallest absolute Gasteiger partial charge is 0.124 e. The Kier molecular flexibility index (Phi) is 5.95. The molecule has 1 aromatic carbocycles. The van der Waals surface area contributed by atoms with Crippen molar-refractivity contribution in [3.63, 3.8) is 0 Å². The van der Waals surface area contributed by atoms with Gasteiger partial charge in [0, 0.05) is 12.1 Å². The van der Waals surface area contributed by atoms with Gasteiger partial charge in [0.05, 0.1) is 20.3 Å². The van der Waals surface area contributed by atoms with Crippen molar-refractivity contribution in [1.82, 2.24) is 4.90 Å². The summed E-state index contributed by atoms with van der Waals surface area (Å²) >= 11 is 0. The summed E-state index contributed by atoms with van der Waals surface area (Å²) in [5, 5.41) is 10.3. The molecule has 0 heterocycles. The molecule has 0 amide bonds. The number of ether oxygens (including phenoxy) is 2. The van der Waals surface area contributed by atoms with Crippen molar-refractivity contribution in [3.8, 4) is 11.5 Å². The second kappa shape index (κ2) is 7.24. The molecule has 1 atom stereocenters. The number of methoxy groups -OCH3 is 2. The van der Waals surface area contributed by atoms with Crippen molar-refractivity contribution in [3.05, 3.63) is 23.8 Å². The van der Waals surface area contributed by atoms with E-state index in [1.54, 1.807) is 14.2 Å². The highest BCUT2D eigenvalue weighted by atomic mass is 16.5. The molecule has 4 nitrogen and oxygen atoms in total. The van der Waals surface area contributed by atoms with Gasteiger partial charge < -0.3 is 19.5 Å². The van der Waals surface area contributed by atoms with Crippen LogP contribution < -0.4 is 9.47 Å². The first-order valence-corrected chi connectivity index (χ1v) is 6.28. The average molecular weight is 253 g/mol. The van der Waals surface area contributed by atoms with Crippen LogP contribution >= 0.6 is 0 Å². The third kappa shape index (κ3) is 3.62. The first-order valence-electron chi connectivity index (χ1n) is 6.28. The summed E-state index contributed by atoms with van der Waals surface area (Å²) in [6.07, 6.45) is -0.574. The molecule has 0 saturated carbocycles. The Balaban J connectivity index is 2.91. The SMILES string of the molecule is CCN(CC)CC(O)c1cc(OC)ccc1OC. The Morgan fingerprint density at radius 2 is 1.83 bits per heavy atom. The van der Waals surface area contributed by atoms with Crippen molar-refractivity contribution in [1.29, 1.82) is 0 Å². The fraction of sp³-hybridized carbons (Fsp3) is 0.571. The first-order chi connectivity index (χ1) is 8.65. The molecular weight excluding hydrogens is 230 g/mol. The zero-order valence-electron chi connectivity index (χ0n) is 11.6. The maximum absolute atomic E-state index is 10.3. The largest absolute Gasteiger partial charge is 0.497 e. The summed E-state index contributed by atoms with van der Waals surface area (Å²) in [5.74, 6) is 1.42. The van der Waals surface area contributed by atoms with Crippen LogP contribution in [-0.4, -0.2) is 43.9 Å². The summed E-state index contributed by atoms with van der Waals surface area (Å²) in [5.41, 5.74) is 0.767. The van der Waals surface area contributed by atoms with Crippen molar-refractivity contribution in [2.24, 2.45) is 0 Å². The molecule has 18 heavy (non-hydrogen) atoms. The predicted octanol–water partition coefficient (Wildman–Crippen LogP) is 2.08. The molecule has 0 aliphatic carbocycles. The monoisotopic (exact) mass is 253 g/mol. The van der Waals surface area contributed by atoms with Gasteiger partial charge in [-0.15, -0.1) is 0 Å². The van der Waals surface area contributed by atoms with Gasteiger partial charge in [-0.1, -0.05) is 13.8 Å². The Bertz CT molecular complexity index is 364. The van der Waals surface area contributed by atoms with Gasteiger partial charge in [0.25, 0.3) is 0 Å². The molecule has 0 spiro atoms. The second-order valence-electron chi connectivity index (χ2n) is 4.11. The summed E-state index contributed by atoms with van der Waals surface area (Å²) in [6, 6.07) is 5.47. The highest BCUT2D eigenvalue weighted by Gasteiger charge is 2.16. The van der Waals surface area contributed by atoms with E-state index in [0.29, 0.717) is 12.3 Å². The number of hydrogen-bond donors (Lipinski definition) is 1. The summed E-state index contributed by atoms with van der Waals surface area (Å²) in [4.78, 5) is 2.17. The zero-order chi connectivity index (χ0) is 13.5. The molecule has 102 valence electrons. The lowest BCUT2D eigenvalue weighted by atomic mass is 10.1. The normalized spacial score (nSPS) is 12.6. The predicted molar refractivity (Wildman–Crippen MR) is 72.3 cm³/mol. The molecule has 1 unspecified atom stereocenters. The van der Waals surface area contributed by atoms with E-state index in [1.807, 2.05) is 18.2 Å². The Morgan fingerprint density at radius 1 is 1.17 bits per heavy atom. The third-order valence-corrected chi connectivity index (χ3v) is 3.12. The number of aliphatic hydroxyl groups excluding tert-OH is 1. The van der Waals surface area contributed by atoms with E-state index < -0.39 is 6.10 Å². The van der Waals surface area contributed by atoms with Crippen LogP contribution in [0.5, 0.6) is 11.5 Å². The molecule has 0 aliphatic rings. The van der Waals surface area contributed by atoms with Gasteiger partial charge in [-0.05, 0) is 31.3 Å². The minimum atomic E-state index is -0.574. The van der Waals surface area contributed by atoms with E-state index in [4.69, 9.17) is 9.47 Å². The minimum absolute atomic E-state index is 0.574. The van der Waals surface area contributed by atoms with E-state index in [2.05, 4.69) is 18.7 Å². The summed E-state index contributed by atoms with van der Waals surface area (Å²) in [7, 11) is 3.22. The maximum atomic E-state index is 10.3. The lowest BCUT2D eigenvalue weighted by Gasteiger charge is -2.23. The van der Waals surface area contributed by atoms with Crippen molar-refractivity contribution >= 4 is 0 Å². The highest BCUT2D eigenvalue weighted by molar-refractivity contribution is 5.41. The number of likely N-dealkylation sites (N-methyl/N-ethyl adjacent to an activating group) is 1.